The lowest BCUT2D eigenvalue weighted by Crippen LogP contribution is -2.24. The van der Waals surface area contributed by atoms with E-state index in [4.69, 9.17) is 5.73 Å². The fourth-order valence-electron chi connectivity index (χ4n) is 3.14. The minimum Gasteiger partial charge on any atom is -0.366 e. The molecular formula is C11H17NO. The SMILES string of the molecule is CC1(C)/C(=C\C(N)=O)[C@H]2CC[C@@H]1C2. The number of amides is 1. The van der Waals surface area contributed by atoms with Crippen LogP contribution in [0.15, 0.2) is 11.6 Å². The van der Waals surface area contributed by atoms with Crippen LogP contribution in [0.4, 0.5) is 0 Å². The molecule has 2 aliphatic rings. The Morgan fingerprint density at radius 1 is 1.54 bits per heavy atom. The highest BCUT2D eigenvalue weighted by Gasteiger charge is 2.48. The molecule has 13 heavy (non-hydrogen) atoms. The third-order valence-corrected chi connectivity index (χ3v) is 3.93. The van der Waals surface area contributed by atoms with Gasteiger partial charge in [0.1, 0.15) is 0 Å². The number of allylic oxidation sites excluding steroid dienone is 1. The van der Waals surface area contributed by atoms with Gasteiger partial charge in [0.05, 0.1) is 0 Å². The number of fused-ring (bicyclic) bond motifs is 2. The van der Waals surface area contributed by atoms with Gasteiger partial charge in [-0.1, -0.05) is 19.4 Å². The molecule has 0 aromatic rings. The summed E-state index contributed by atoms with van der Waals surface area (Å²) in [6.07, 6.45) is 5.52. The van der Waals surface area contributed by atoms with Crippen LogP contribution in [0.3, 0.4) is 0 Å². The second-order valence-electron chi connectivity index (χ2n) is 4.93. The van der Waals surface area contributed by atoms with E-state index in [1.165, 1.54) is 24.8 Å². The summed E-state index contributed by atoms with van der Waals surface area (Å²) in [6, 6.07) is 0. The Morgan fingerprint density at radius 2 is 2.23 bits per heavy atom. The van der Waals surface area contributed by atoms with Crippen LogP contribution in [-0.4, -0.2) is 5.91 Å². The van der Waals surface area contributed by atoms with E-state index in [-0.39, 0.29) is 11.3 Å². The molecule has 0 saturated heterocycles. The van der Waals surface area contributed by atoms with Crippen molar-refractivity contribution in [2.24, 2.45) is 23.0 Å². The Kier molecular flexibility index (Phi) is 1.76. The lowest BCUT2D eigenvalue weighted by molar-refractivity contribution is -0.113. The topological polar surface area (TPSA) is 43.1 Å². The minimum absolute atomic E-state index is 0.220. The fourth-order valence-corrected chi connectivity index (χ4v) is 3.14. The normalized spacial score (nSPS) is 38.5. The summed E-state index contributed by atoms with van der Waals surface area (Å²) in [5, 5.41) is 0. The van der Waals surface area contributed by atoms with Gasteiger partial charge in [-0.3, -0.25) is 4.79 Å². The Bertz CT molecular complexity index is 278. The number of carbonyl (C=O) groups excluding carboxylic acids is 1. The quantitative estimate of drug-likeness (QED) is 0.613. The van der Waals surface area contributed by atoms with Crippen LogP contribution in [0.2, 0.25) is 0 Å². The highest BCUT2D eigenvalue weighted by molar-refractivity contribution is 5.87. The Labute approximate surface area is 79.2 Å². The van der Waals surface area contributed by atoms with Crippen LogP contribution in [0.1, 0.15) is 33.1 Å². The van der Waals surface area contributed by atoms with Crippen molar-refractivity contribution in [3.05, 3.63) is 11.6 Å². The summed E-state index contributed by atoms with van der Waals surface area (Å²) in [6.45, 7) is 4.48. The van der Waals surface area contributed by atoms with E-state index >= 15 is 0 Å². The third-order valence-electron chi connectivity index (χ3n) is 3.93. The molecule has 0 aliphatic heterocycles. The number of carbonyl (C=O) groups is 1. The molecule has 2 heteroatoms. The molecule has 2 aliphatic carbocycles. The van der Waals surface area contributed by atoms with Crippen molar-refractivity contribution in [1.82, 2.24) is 0 Å². The van der Waals surface area contributed by atoms with E-state index in [0.29, 0.717) is 5.92 Å². The second kappa shape index (κ2) is 2.60. The predicted molar refractivity (Wildman–Crippen MR) is 51.9 cm³/mol. The molecule has 2 fully saturated rings. The van der Waals surface area contributed by atoms with Crippen molar-refractivity contribution in [1.29, 1.82) is 0 Å². The van der Waals surface area contributed by atoms with Crippen molar-refractivity contribution in [3.8, 4) is 0 Å². The highest BCUT2D eigenvalue weighted by Crippen LogP contribution is 2.58. The maximum atomic E-state index is 10.9. The first-order chi connectivity index (χ1) is 6.01. The lowest BCUT2D eigenvalue weighted by atomic mass is 9.72. The van der Waals surface area contributed by atoms with Gasteiger partial charge in [-0.25, -0.2) is 0 Å². The van der Waals surface area contributed by atoms with Crippen LogP contribution in [0.5, 0.6) is 0 Å². The zero-order valence-electron chi connectivity index (χ0n) is 8.34. The van der Waals surface area contributed by atoms with Gasteiger partial charge < -0.3 is 5.73 Å². The zero-order valence-corrected chi connectivity index (χ0v) is 8.34. The molecule has 0 aromatic heterocycles. The monoisotopic (exact) mass is 179 g/mol. The van der Waals surface area contributed by atoms with Crippen LogP contribution in [0, 0.1) is 17.3 Å². The van der Waals surface area contributed by atoms with Crippen molar-refractivity contribution in [2.45, 2.75) is 33.1 Å². The molecule has 0 radical (unpaired) electrons. The summed E-state index contributed by atoms with van der Waals surface area (Å²) in [5.41, 5.74) is 6.73. The number of nitrogens with two attached hydrogens (primary N) is 1. The third kappa shape index (κ3) is 1.19. The molecule has 2 bridgehead atoms. The Morgan fingerprint density at radius 3 is 2.69 bits per heavy atom. The highest BCUT2D eigenvalue weighted by atomic mass is 16.1. The maximum absolute atomic E-state index is 10.9. The predicted octanol–water partition coefficient (Wildman–Crippen LogP) is 1.85. The number of hydrogen-bond donors (Lipinski definition) is 1. The number of rotatable bonds is 1. The second-order valence-corrected chi connectivity index (χ2v) is 4.93. The van der Waals surface area contributed by atoms with Gasteiger partial charge in [-0.2, -0.15) is 0 Å². The van der Waals surface area contributed by atoms with Crippen LogP contribution < -0.4 is 5.73 Å². The summed E-state index contributed by atoms with van der Waals surface area (Å²) < 4.78 is 0. The van der Waals surface area contributed by atoms with Gasteiger partial charge in [0.2, 0.25) is 5.91 Å². The van der Waals surface area contributed by atoms with Gasteiger partial charge in [0.25, 0.3) is 0 Å². The van der Waals surface area contributed by atoms with Gasteiger partial charge in [-0.05, 0) is 36.5 Å². The first kappa shape index (κ1) is 8.79. The molecule has 2 N–H and O–H groups in total. The zero-order chi connectivity index (χ0) is 9.64. The first-order valence-corrected chi connectivity index (χ1v) is 5.03. The largest absolute Gasteiger partial charge is 0.366 e. The molecule has 72 valence electrons. The number of primary amides is 1. The first-order valence-electron chi connectivity index (χ1n) is 5.03. The average molecular weight is 179 g/mol. The van der Waals surface area contributed by atoms with Crippen LogP contribution in [-0.2, 0) is 4.79 Å². The maximum Gasteiger partial charge on any atom is 0.241 e. The molecule has 2 saturated carbocycles. The van der Waals surface area contributed by atoms with E-state index in [1.807, 2.05) is 0 Å². The van der Waals surface area contributed by atoms with Crippen LogP contribution in [0.25, 0.3) is 0 Å². The summed E-state index contributed by atoms with van der Waals surface area (Å²) >= 11 is 0. The molecule has 2 nitrogen and oxygen atoms in total. The van der Waals surface area contributed by atoms with Crippen molar-refractivity contribution in [2.75, 3.05) is 0 Å². The van der Waals surface area contributed by atoms with E-state index in [1.54, 1.807) is 6.08 Å². The average Bonchev–Trinajstić information content (AvgIpc) is 2.53. The van der Waals surface area contributed by atoms with E-state index in [2.05, 4.69) is 13.8 Å². The van der Waals surface area contributed by atoms with Crippen molar-refractivity contribution in [3.63, 3.8) is 0 Å². The molecule has 1 amide bonds. The smallest absolute Gasteiger partial charge is 0.241 e. The van der Waals surface area contributed by atoms with E-state index < -0.39 is 0 Å². The lowest BCUT2D eigenvalue weighted by Gasteiger charge is -2.32. The summed E-state index contributed by atoms with van der Waals surface area (Å²) in [4.78, 5) is 10.9. The van der Waals surface area contributed by atoms with E-state index in [0.717, 1.165) is 5.92 Å². The number of hydrogen-bond acceptors (Lipinski definition) is 1. The molecule has 0 heterocycles. The molecule has 0 spiro atoms. The van der Waals surface area contributed by atoms with Gasteiger partial charge >= 0.3 is 0 Å². The summed E-state index contributed by atoms with van der Waals surface area (Å²) in [5.74, 6) is 1.14. The van der Waals surface area contributed by atoms with Gasteiger partial charge in [0, 0.05) is 6.08 Å². The van der Waals surface area contributed by atoms with Crippen molar-refractivity contribution >= 4 is 5.91 Å². The van der Waals surface area contributed by atoms with Gasteiger partial charge in [0.15, 0.2) is 0 Å². The molecule has 0 aromatic carbocycles. The van der Waals surface area contributed by atoms with Crippen molar-refractivity contribution < 1.29 is 4.79 Å². The standard InChI is InChI=1S/C11H17NO/c1-11(2)8-4-3-7(5-8)9(11)6-10(12)13/h6-8H,3-5H2,1-2H3,(H2,12,13)/b9-6-/t7-,8+/m0/s1. The Balaban J connectivity index is 2.34. The minimum atomic E-state index is -0.282. The van der Waals surface area contributed by atoms with E-state index in [9.17, 15) is 4.79 Å². The molecular weight excluding hydrogens is 162 g/mol. The molecule has 2 atom stereocenters. The fraction of sp³-hybridized carbons (Fsp3) is 0.727. The summed E-state index contributed by atoms with van der Waals surface area (Å²) in [7, 11) is 0. The Hall–Kier alpha value is -0.790. The van der Waals surface area contributed by atoms with Gasteiger partial charge in [-0.15, -0.1) is 0 Å². The van der Waals surface area contributed by atoms with Crippen LogP contribution >= 0.6 is 0 Å². The molecule has 2 rings (SSSR count). The molecule has 0 unspecified atom stereocenters.